The largest absolute Gasteiger partial charge is 0.379 e. The summed E-state index contributed by atoms with van der Waals surface area (Å²) in [6, 6.07) is 4.20. The van der Waals surface area contributed by atoms with E-state index in [4.69, 9.17) is 14.5 Å². The molecule has 8 nitrogen and oxygen atoms in total. The number of hydrogen-bond acceptors (Lipinski definition) is 6. The van der Waals surface area contributed by atoms with Crippen LogP contribution in [-0.4, -0.2) is 87.6 Å². The van der Waals surface area contributed by atoms with Gasteiger partial charge in [-0.1, -0.05) is 6.07 Å². The number of guanidine groups is 1. The molecule has 164 valence electrons. The normalized spacial score (nSPS) is 20.8. The maximum Gasteiger partial charge on any atom is 0.191 e. The number of rotatable bonds is 7. The van der Waals surface area contributed by atoms with Crippen LogP contribution in [0.2, 0.25) is 0 Å². The van der Waals surface area contributed by atoms with Crippen LogP contribution in [0, 0.1) is 0 Å². The molecule has 3 rings (SSSR count). The molecule has 2 aliphatic rings. The number of nitrogens with one attached hydrogen (secondary N) is 2. The Hall–Kier alpha value is -1.17. The monoisotopic (exact) mass is 518 g/mol. The van der Waals surface area contributed by atoms with E-state index in [0.717, 1.165) is 83.0 Å². The van der Waals surface area contributed by atoms with Gasteiger partial charge in [0.05, 0.1) is 32.5 Å². The van der Waals surface area contributed by atoms with Gasteiger partial charge < -0.3 is 25.0 Å². The predicted octanol–water partition coefficient (Wildman–Crippen LogP) is 1.31. The van der Waals surface area contributed by atoms with Crippen molar-refractivity contribution >= 4 is 35.8 Å². The fourth-order valence-electron chi connectivity index (χ4n) is 3.39. The Balaban J connectivity index is 0.00000300. The summed E-state index contributed by atoms with van der Waals surface area (Å²) in [7, 11) is 0. The molecule has 2 N–H and O–H groups in total. The summed E-state index contributed by atoms with van der Waals surface area (Å²) >= 11 is 0. The highest BCUT2D eigenvalue weighted by molar-refractivity contribution is 14.0. The third kappa shape index (κ3) is 8.23. The van der Waals surface area contributed by atoms with Crippen molar-refractivity contribution in [2.45, 2.75) is 26.5 Å². The van der Waals surface area contributed by atoms with Gasteiger partial charge in [0.1, 0.15) is 5.82 Å². The highest BCUT2D eigenvalue weighted by Gasteiger charge is 2.17. The van der Waals surface area contributed by atoms with Crippen molar-refractivity contribution in [3.63, 3.8) is 0 Å². The predicted molar refractivity (Wildman–Crippen MR) is 127 cm³/mol. The maximum atomic E-state index is 5.60. The highest BCUT2D eigenvalue weighted by Crippen LogP contribution is 2.15. The first-order valence-electron chi connectivity index (χ1n) is 10.4. The van der Waals surface area contributed by atoms with E-state index in [-0.39, 0.29) is 30.1 Å². The number of ether oxygens (including phenoxy) is 2. The molecule has 29 heavy (non-hydrogen) atoms. The zero-order valence-corrected chi connectivity index (χ0v) is 19.9. The number of anilines is 1. The summed E-state index contributed by atoms with van der Waals surface area (Å²) in [6.07, 6.45) is 2.18. The Morgan fingerprint density at radius 2 is 2.03 bits per heavy atom. The third-order valence-electron chi connectivity index (χ3n) is 4.96. The van der Waals surface area contributed by atoms with Crippen LogP contribution in [0.25, 0.3) is 0 Å². The van der Waals surface area contributed by atoms with Crippen molar-refractivity contribution in [1.82, 2.24) is 20.5 Å². The Labute approximate surface area is 191 Å². The van der Waals surface area contributed by atoms with E-state index in [0.29, 0.717) is 6.54 Å². The fourth-order valence-corrected chi connectivity index (χ4v) is 3.39. The minimum absolute atomic E-state index is 0. The lowest BCUT2D eigenvalue weighted by molar-refractivity contribution is 0.0389. The van der Waals surface area contributed by atoms with Crippen LogP contribution in [0.15, 0.2) is 23.3 Å². The Morgan fingerprint density at radius 1 is 1.21 bits per heavy atom. The van der Waals surface area contributed by atoms with Gasteiger partial charge >= 0.3 is 0 Å². The average Bonchev–Trinajstić information content (AvgIpc) is 2.73. The van der Waals surface area contributed by atoms with Gasteiger partial charge in [0.25, 0.3) is 0 Å². The molecule has 3 heterocycles. The second-order valence-corrected chi connectivity index (χ2v) is 7.23. The summed E-state index contributed by atoms with van der Waals surface area (Å²) < 4.78 is 11.0. The zero-order chi connectivity index (χ0) is 19.6. The first-order valence-corrected chi connectivity index (χ1v) is 10.4. The molecule has 2 fully saturated rings. The van der Waals surface area contributed by atoms with Gasteiger partial charge in [0, 0.05) is 52.0 Å². The molecule has 0 saturated carbocycles. The maximum absolute atomic E-state index is 5.60. The molecule has 0 aromatic carbocycles. The van der Waals surface area contributed by atoms with E-state index < -0.39 is 0 Å². The van der Waals surface area contributed by atoms with E-state index >= 15 is 0 Å². The molecule has 2 saturated heterocycles. The van der Waals surface area contributed by atoms with Gasteiger partial charge in [-0.3, -0.25) is 4.90 Å². The van der Waals surface area contributed by atoms with E-state index in [9.17, 15) is 0 Å². The van der Waals surface area contributed by atoms with Crippen molar-refractivity contribution in [3.05, 3.63) is 23.9 Å². The summed E-state index contributed by atoms with van der Waals surface area (Å²) in [5, 5.41) is 6.73. The van der Waals surface area contributed by atoms with Gasteiger partial charge in [-0.05, 0) is 25.5 Å². The molecule has 0 bridgehead atoms. The second kappa shape index (κ2) is 13.2. The second-order valence-electron chi connectivity index (χ2n) is 7.23. The van der Waals surface area contributed by atoms with Gasteiger partial charge in [-0.15, -0.1) is 24.0 Å². The number of hydrogen-bond donors (Lipinski definition) is 2. The highest BCUT2D eigenvalue weighted by atomic mass is 127. The quantitative estimate of drug-likeness (QED) is 0.321. The third-order valence-corrected chi connectivity index (χ3v) is 4.96. The minimum Gasteiger partial charge on any atom is -0.379 e. The summed E-state index contributed by atoms with van der Waals surface area (Å²) in [5.74, 6) is 1.86. The molecule has 0 radical (unpaired) electrons. The van der Waals surface area contributed by atoms with Crippen molar-refractivity contribution in [1.29, 1.82) is 0 Å². The van der Waals surface area contributed by atoms with Gasteiger partial charge in [-0.2, -0.15) is 0 Å². The van der Waals surface area contributed by atoms with Crippen molar-refractivity contribution in [2.24, 2.45) is 4.99 Å². The SMILES string of the molecule is CCNC(=NCc1ccc(N2CCOC(C)C2)nc1)NCCN1CCOCC1.I. The Kier molecular flexibility index (Phi) is 11.0. The zero-order valence-electron chi connectivity index (χ0n) is 17.6. The summed E-state index contributed by atoms with van der Waals surface area (Å²) in [5.41, 5.74) is 1.11. The molecule has 9 heteroatoms. The molecule has 0 aliphatic carbocycles. The molecule has 0 spiro atoms. The topological polar surface area (TPSA) is 74.2 Å². The number of morpholine rings is 2. The molecule has 1 unspecified atom stereocenters. The molecule has 1 atom stereocenters. The lowest BCUT2D eigenvalue weighted by atomic mass is 10.2. The molecule has 2 aliphatic heterocycles. The Bertz CT molecular complexity index is 609. The molecule has 1 aromatic rings. The fraction of sp³-hybridized carbons (Fsp3) is 0.700. The molecule has 1 aromatic heterocycles. The van der Waals surface area contributed by atoms with E-state index in [2.05, 4.69) is 51.4 Å². The van der Waals surface area contributed by atoms with Crippen molar-refractivity contribution in [3.8, 4) is 0 Å². The van der Waals surface area contributed by atoms with E-state index in [1.165, 1.54) is 0 Å². The summed E-state index contributed by atoms with van der Waals surface area (Å²) in [4.78, 5) is 14.0. The minimum atomic E-state index is 0. The van der Waals surface area contributed by atoms with Crippen LogP contribution in [0.1, 0.15) is 19.4 Å². The number of aromatic nitrogens is 1. The lowest BCUT2D eigenvalue weighted by Gasteiger charge is -2.32. The average molecular weight is 518 g/mol. The van der Waals surface area contributed by atoms with Crippen LogP contribution in [-0.2, 0) is 16.0 Å². The first-order chi connectivity index (χ1) is 13.7. The van der Waals surface area contributed by atoms with Gasteiger partial charge in [-0.25, -0.2) is 9.98 Å². The van der Waals surface area contributed by atoms with E-state index in [1.54, 1.807) is 0 Å². The lowest BCUT2D eigenvalue weighted by Crippen LogP contribution is -2.44. The smallest absolute Gasteiger partial charge is 0.191 e. The van der Waals surface area contributed by atoms with E-state index in [1.807, 2.05) is 6.20 Å². The Morgan fingerprint density at radius 3 is 2.72 bits per heavy atom. The van der Waals surface area contributed by atoms with Gasteiger partial charge in [0.2, 0.25) is 0 Å². The van der Waals surface area contributed by atoms with Gasteiger partial charge in [0.15, 0.2) is 5.96 Å². The number of aliphatic imine (C=N–C) groups is 1. The number of nitrogens with zero attached hydrogens (tertiary/aromatic N) is 4. The van der Waals surface area contributed by atoms with Crippen molar-refractivity contribution in [2.75, 3.05) is 70.5 Å². The molecular formula is C20H35IN6O2. The molecular weight excluding hydrogens is 483 g/mol. The van der Waals surface area contributed by atoms with Crippen LogP contribution >= 0.6 is 24.0 Å². The summed E-state index contributed by atoms with van der Waals surface area (Å²) in [6.45, 7) is 13.7. The number of pyridine rings is 1. The molecule has 0 amide bonds. The standard InChI is InChI=1S/C20H34N6O2.HI/c1-3-21-20(22-6-7-25-8-11-27-12-9-25)24-15-18-4-5-19(23-14-18)26-10-13-28-17(2)16-26;/h4-5,14,17H,3,6-13,15-16H2,1-2H3,(H2,21,22,24);1H. The van der Waals surface area contributed by atoms with Crippen LogP contribution in [0.5, 0.6) is 0 Å². The van der Waals surface area contributed by atoms with Crippen LogP contribution < -0.4 is 15.5 Å². The van der Waals surface area contributed by atoms with Crippen LogP contribution in [0.4, 0.5) is 5.82 Å². The first kappa shape index (κ1) is 24.1. The number of halogens is 1. The van der Waals surface area contributed by atoms with Crippen LogP contribution in [0.3, 0.4) is 0 Å². The van der Waals surface area contributed by atoms with Crippen molar-refractivity contribution < 1.29 is 9.47 Å².